The Morgan fingerprint density at radius 3 is 2.79 bits per heavy atom. The summed E-state index contributed by atoms with van der Waals surface area (Å²) in [5, 5.41) is 8.95. The van der Waals surface area contributed by atoms with E-state index >= 15 is 0 Å². The molecular weight excluding hydrogens is 505 g/mol. The van der Waals surface area contributed by atoms with Gasteiger partial charge in [-0.2, -0.15) is 0 Å². The molecule has 212 valence electrons. The molecule has 0 saturated carbocycles. The van der Waals surface area contributed by atoms with Gasteiger partial charge < -0.3 is 34.9 Å². The van der Waals surface area contributed by atoms with E-state index in [0.717, 1.165) is 43.6 Å². The molecule has 2 aliphatic rings. The van der Waals surface area contributed by atoms with Crippen LogP contribution in [0.4, 0.5) is 9.18 Å². The molecule has 0 radical (unpaired) electrons. The van der Waals surface area contributed by atoms with E-state index in [1.807, 2.05) is 7.05 Å². The molecule has 2 heterocycles. The molecule has 3 atom stereocenters. The van der Waals surface area contributed by atoms with Crippen molar-refractivity contribution in [1.82, 2.24) is 16.0 Å². The normalized spacial score (nSPS) is 18.0. The lowest BCUT2D eigenvalue weighted by Crippen LogP contribution is -2.41. The smallest absolute Gasteiger partial charge is 0.406 e. The molecule has 0 bridgehead atoms. The molecule has 0 spiro atoms. The second-order valence-electron chi connectivity index (χ2n) is 9.88. The molecule has 10 heteroatoms. The molecule has 2 amide bonds. The third-order valence-electron chi connectivity index (χ3n) is 7.18. The molecule has 2 aliphatic heterocycles. The quantitative estimate of drug-likeness (QED) is 0.353. The average Bonchev–Trinajstić information content (AvgIpc) is 3.44. The number of halogens is 1. The van der Waals surface area contributed by atoms with E-state index in [-0.39, 0.29) is 25.1 Å². The summed E-state index contributed by atoms with van der Waals surface area (Å²) in [5.41, 5.74) is 2.71. The highest BCUT2D eigenvalue weighted by atomic mass is 19.1. The van der Waals surface area contributed by atoms with Crippen molar-refractivity contribution in [3.8, 4) is 5.75 Å². The number of ether oxygens (including phenoxy) is 4. The van der Waals surface area contributed by atoms with Crippen LogP contribution in [-0.2, 0) is 20.6 Å². The van der Waals surface area contributed by atoms with Gasteiger partial charge in [-0.3, -0.25) is 4.79 Å². The second kappa shape index (κ2) is 14.3. The van der Waals surface area contributed by atoms with Crippen LogP contribution in [0.5, 0.6) is 5.75 Å². The van der Waals surface area contributed by atoms with E-state index in [9.17, 15) is 14.0 Å². The third-order valence-corrected chi connectivity index (χ3v) is 7.18. The number of methoxy groups -OCH3 is 1. The number of carbonyl (C=O) groups excluding carboxylic acids is 2. The molecule has 1 saturated heterocycles. The molecule has 0 aliphatic carbocycles. The average molecular weight is 544 g/mol. The van der Waals surface area contributed by atoms with Crippen molar-refractivity contribution in [3.05, 3.63) is 64.5 Å². The summed E-state index contributed by atoms with van der Waals surface area (Å²) in [6.45, 7) is 2.89. The molecule has 3 N–H and O–H groups in total. The molecule has 9 nitrogen and oxygen atoms in total. The van der Waals surface area contributed by atoms with E-state index in [4.69, 9.17) is 14.2 Å². The Labute approximate surface area is 228 Å². The monoisotopic (exact) mass is 543 g/mol. The lowest BCUT2D eigenvalue weighted by molar-refractivity contribution is 0.0478. The fraction of sp³-hybridized carbons (Fsp3) is 0.517. The number of nitrogens with one attached hydrogen (secondary N) is 3. The van der Waals surface area contributed by atoms with Gasteiger partial charge in [-0.1, -0.05) is 12.1 Å². The molecule has 2 aromatic rings. The van der Waals surface area contributed by atoms with Crippen molar-refractivity contribution in [2.24, 2.45) is 5.92 Å². The van der Waals surface area contributed by atoms with Gasteiger partial charge in [0, 0.05) is 49.9 Å². The SMILES string of the molecule is CN[C@H](CNC(=O)c1cc2c(c(C(OCCNC(=O)OC)c3cccc(F)c3)c1)CCO2)C[C@H]1CCCOC1. The minimum absolute atomic E-state index is 0.122. The predicted octanol–water partition coefficient (Wildman–Crippen LogP) is 3.36. The number of hydrogen-bond donors (Lipinski definition) is 3. The Morgan fingerprint density at radius 2 is 2.05 bits per heavy atom. The van der Waals surface area contributed by atoms with E-state index in [0.29, 0.717) is 42.4 Å². The van der Waals surface area contributed by atoms with Crippen LogP contribution in [0.15, 0.2) is 36.4 Å². The maximum atomic E-state index is 14.2. The summed E-state index contributed by atoms with van der Waals surface area (Å²) in [6, 6.07) is 9.87. The van der Waals surface area contributed by atoms with Gasteiger partial charge in [-0.25, -0.2) is 9.18 Å². The molecule has 1 unspecified atom stereocenters. The highest BCUT2D eigenvalue weighted by molar-refractivity contribution is 5.95. The van der Waals surface area contributed by atoms with Gasteiger partial charge >= 0.3 is 6.09 Å². The standard InChI is InChI=1S/C29H38FN3O6/c1-31-23(13-19-5-4-10-37-18-19)17-33-28(34)21-15-25(24-8-11-38-26(24)16-21)27(20-6-3-7-22(30)14-20)39-12-9-32-29(35)36-2/h3,6-7,14-16,19,23,27,31H,4-5,8-13,17-18H2,1-2H3,(H,32,35)(H,33,34)/t19-,23+,27?/m1/s1. The van der Waals surface area contributed by atoms with Gasteiger partial charge in [0.15, 0.2) is 0 Å². The van der Waals surface area contributed by atoms with Crippen LogP contribution in [0.2, 0.25) is 0 Å². The first-order valence-electron chi connectivity index (χ1n) is 13.5. The second-order valence-corrected chi connectivity index (χ2v) is 9.88. The van der Waals surface area contributed by atoms with Crippen LogP contribution in [0.1, 0.15) is 52.4 Å². The van der Waals surface area contributed by atoms with Gasteiger partial charge in [0.2, 0.25) is 0 Å². The first-order valence-corrected chi connectivity index (χ1v) is 13.5. The number of amides is 2. The zero-order valence-electron chi connectivity index (χ0n) is 22.6. The predicted molar refractivity (Wildman–Crippen MR) is 144 cm³/mol. The van der Waals surface area contributed by atoms with E-state index in [2.05, 4.69) is 20.7 Å². The van der Waals surface area contributed by atoms with Gasteiger partial charge in [-0.05, 0) is 67.6 Å². The van der Waals surface area contributed by atoms with Gasteiger partial charge in [0.05, 0.1) is 20.3 Å². The molecule has 2 aromatic carbocycles. The molecule has 0 aromatic heterocycles. The maximum absolute atomic E-state index is 14.2. The Hall–Kier alpha value is -3.21. The summed E-state index contributed by atoms with van der Waals surface area (Å²) in [7, 11) is 3.19. The summed E-state index contributed by atoms with van der Waals surface area (Å²) in [4.78, 5) is 24.8. The Bertz CT molecular complexity index is 1120. The lowest BCUT2D eigenvalue weighted by atomic mass is 9.92. The number of benzene rings is 2. The number of alkyl carbamates (subject to hydrolysis) is 1. The summed E-state index contributed by atoms with van der Waals surface area (Å²) < 4.78 is 36.5. The number of likely N-dealkylation sites (N-methyl/N-ethyl adjacent to an activating group) is 1. The van der Waals surface area contributed by atoms with Crippen LogP contribution in [0, 0.1) is 11.7 Å². The highest BCUT2D eigenvalue weighted by Crippen LogP contribution is 2.38. The van der Waals surface area contributed by atoms with Crippen molar-refractivity contribution in [3.63, 3.8) is 0 Å². The minimum atomic E-state index is -0.667. The van der Waals surface area contributed by atoms with Crippen LogP contribution >= 0.6 is 0 Å². The summed E-state index contributed by atoms with van der Waals surface area (Å²) in [6.07, 6.45) is 2.54. The van der Waals surface area contributed by atoms with Crippen LogP contribution in [-0.4, -0.2) is 71.7 Å². The Balaban J connectivity index is 1.52. The van der Waals surface area contributed by atoms with Gasteiger partial charge in [0.25, 0.3) is 5.91 Å². The summed E-state index contributed by atoms with van der Waals surface area (Å²) >= 11 is 0. The van der Waals surface area contributed by atoms with E-state index in [1.54, 1.807) is 24.3 Å². The Kier molecular flexibility index (Phi) is 10.5. The minimum Gasteiger partial charge on any atom is -0.493 e. The lowest BCUT2D eigenvalue weighted by Gasteiger charge is -2.26. The fourth-order valence-electron chi connectivity index (χ4n) is 5.15. The first-order chi connectivity index (χ1) is 19.0. The van der Waals surface area contributed by atoms with Crippen LogP contribution in [0.3, 0.4) is 0 Å². The van der Waals surface area contributed by atoms with Gasteiger partial charge in [-0.15, -0.1) is 0 Å². The largest absolute Gasteiger partial charge is 0.493 e. The highest BCUT2D eigenvalue weighted by Gasteiger charge is 2.27. The summed E-state index contributed by atoms with van der Waals surface area (Å²) in [5.74, 6) is 0.489. The molecule has 4 rings (SSSR count). The molecule has 1 fully saturated rings. The van der Waals surface area contributed by atoms with E-state index < -0.39 is 18.0 Å². The Morgan fingerprint density at radius 1 is 1.18 bits per heavy atom. The molecular formula is C29H38FN3O6. The van der Waals surface area contributed by atoms with Crippen LogP contribution < -0.4 is 20.7 Å². The number of hydrogen-bond acceptors (Lipinski definition) is 7. The van der Waals surface area contributed by atoms with Crippen molar-refractivity contribution in [2.75, 3.05) is 53.7 Å². The maximum Gasteiger partial charge on any atom is 0.406 e. The number of fused-ring (bicyclic) bond motifs is 1. The zero-order valence-corrected chi connectivity index (χ0v) is 22.6. The van der Waals surface area contributed by atoms with Crippen molar-refractivity contribution >= 4 is 12.0 Å². The van der Waals surface area contributed by atoms with Crippen molar-refractivity contribution in [1.29, 1.82) is 0 Å². The fourth-order valence-corrected chi connectivity index (χ4v) is 5.15. The molecule has 39 heavy (non-hydrogen) atoms. The topological polar surface area (TPSA) is 107 Å². The van der Waals surface area contributed by atoms with Crippen LogP contribution in [0.25, 0.3) is 0 Å². The van der Waals surface area contributed by atoms with Crippen molar-refractivity contribution in [2.45, 2.75) is 37.8 Å². The first kappa shape index (κ1) is 28.8. The zero-order chi connectivity index (χ0) is 27.6. The van der Waals surface area contributed by atoms with Crippen molar-refractivity contribution < 1.29 is 32.9 Å². The number of rotatable bonds is 12. The number of carbonyl (C=O) groups is 2. The van der Waals surface area contributed by atoms with Gasteiger partial charge in [0.1, 0.15) is 17.7 Å². The van der Waals surface area contributed by atoms with E-state index in [1.165, 1.54) is 19.2 Å². The third kappa shape index (κ3) is 7.90.